The zero-order chi connectivity index (χ0) is 16.7. The van der Waals surface area contributed by atoms with Crippen molar-refractivity contribution < 1.29 is 14.3 Å². The smallest absolute Gasteiger partial charge is 0.317 e. The van der Waals surface area contributed by atoms with Gasteiger partial charge in [0.05, 0.1) is 0 Å². The number of aromatic nitrogens is 1. The van der Waals surface area contributed by atoms with Crippen LogP contribution in [0.3, 0.4) is 0 Å². The van der Waals surface area contributed by atoms with Gasteiger partial charge in [-0.2, -0.15) is 4.73 Å². The average Bonchev–Trinajstić information content (AvgIpc) is 2.54. The van der Waals surface area contributed by atoms with Crippen molar-refractivity contribution in [2.75, 3.05) is 5.32 Å². The third-order valence-electron chi connectivity index (χ3n) is 3.22. The van der Waals surface area contributed by atoms with E-state index in [1.165, 1.54) is 12.3 Å². The summed E-state index contributed by atoms with van der Waals surface area (Å²) >= 11 is 0. The number of benzene rings is 1. The van der Waals surface area contributed by atoms with Crippen LogP contribution in [0, 0.1) is 5.21 Å². The van der Waals surface area contributed by atoms with E-state index < -0.39 is 5.91 Å². The maximum atomic E-state index is 11.9. The lowest BCUT2D eigenvalue weighted by atomic mass is 10.2. The molecule has 1 aromatic carbocycles. The molecule has 23 heavy (non-hydrogen) atoms. The Morgan fingerprint density at radius 3 is 2.52 bits per heavy atom. The highest BCUT2D eigenvalue weighted by atomic mass is 16.5. The van der Waals surface area contributed by atoms with E-state index in [4.69, 9.17) is 0 Å². The van der Waals surface area contributed by atoms with Gasteiger partial charge in [0, 0.05) is 30.8 Å². The molecule has 6 nitrogen and oxygen atoms in total. The number of nitrogens with one attached hydrogen (secondary N) is 2. The van der Waals surface area contributed by atoms with Crippen LogP contribution < -0.4 is 15.4 Å². The standard InChI is InChI=1S/C17H19N3O3/c1-2-5-16(21)19-14-9-7-13(8-10-14)12-18-17(22)15-6-3-4-11-20(15)23/h3-4,6-11H,2,5,12H2,1H3,(H,18,22)(H,19,21). The van der Waals surface area contributed by atoms with E-state index in [9.17, 15) is 14.8 Å². The number of carbonyl (C=O) groups is 2. The molecule has 2 amide bonds. The van der Waals surface area contributed by atoms with Crippen molar-refractivity contribution in [3.63, 3.8) is 0 Å². The summed E-state index contributed by atoms with van der Waals surface area (Å²) in [7, 11) is 0. The molecule has 0 bridgehead atoms. The van der Waals surface area contributed by atoms with Gasteiger partial charge in [0.25, 0.3) is 5.69 Å². The van der Waals surface area contributed by atoms with Gasteiger partial charge in [0.15, 0.2) is 6.20 Å². The predicted octanol–water partition coefficient (Wildman–Crippen LogP) is 1.99. The van der Waals surface area contributed by atoms with E-state index in [1.54, 1.807) is 24.3 Å². The fourth-order valence-corrected chi connectivity index (χ4v) is 2.03. The summed E-state index contributed by atoms with van der Waals surface area (Å²) in [5.41, 5.74) is 1.65. The van der Waals surface area contributed by atoms with Gasteiger partial charge in [-0.25, -0.2) is 0 Å². The Morgan fingerprint density at radius 2 is 1.87 bits per heavy atom. The van der Waals surface area contributed by atoms with Crippen molar-refractivity contribution in [2.45, 2.75) is 26.3 Å². The van der Waals surface area contributed by atoms with Crippen molar-refractivity contribution in [3.8, 4) is 0 Å². The summed E-state index contributed by atoms with van der Waals surface area (Å²) in [5.74, 6) is -0.446. The second kappa shape index (κ2) is 7.93. The van der Waals surface area contributed by atoms with E-state index >= 15 is 0 Å². The minimum atomic E-state index is -0.430. The number of hydrogen-bond acceptors (Lipinski definition) is 3. The zero-order valence-corrected chi connectivity index (χ0v) is 12.9. The SMILES string of the molecule is CCCC(=O)Nc1ccc(CNC(=O)c2cccc[n+]2[O-])cc1. The molecule has 0 aliphatic carbocycles. The van der Waals surface area contributed by atoms with Gasteiger partial charge in [0.1, 0.15) is 0 Å². The van der Waals surface area contributed by atoms with Crippen LogP contribution in [0.5, 0.6) is 0 Å². The van der Waals surface area contributed by atoms with Crippen molar-refractivity contribution in [1.29, 1.82) is 0 Å². The van der Waals surface area contributed by atoms with Gasteiger partial charge < -0.3 is 15.8 Å². The second-order valence-corrected chi connectivity index (χ2v) is 5.09. The molecule has 120 valence electrons. The van der Waals surface area contributed by atoms with Gasteiger partial charge in [-0.1, -0.05) is 19.1 Å². The minimum Gasteiger partial charge on any atom is -0.618 e. The first-order valence-corrected chi connectivity index (χ1v) is 7.45. The largest absolute Gasteiger partial charge is 0.618 e. The van der Waals surface area contributed by atoms with Crippen LogP contribution in [0.25, 0.3) is 0 Å². The molecule has 2 aromatic rings. The second-order valence-electron chi connectivity index (χ2n) is 5.09. The third-order valence-corrected chi connectivity index (χ3v) is 3.22. The molecule has 0 atom stereocenters. The van der Waals surface area contributed by atoms with Gasteiger partial charge in [-0.3, -0.25) is 9.59 Å². The Kier molecular flexibility index (Phi) is 5.68. The summed E-state index contributed by atoms with van der Waals surface area (Å²) < 4.78 is 0.529. The van der Waals surface area contributed by atoms with Crippen LogP contribution in [-0.4, -0.2) is 11.8 Å². The van der Waals surface area contributed by atoms with Crippen molar-refractivity contribution >= 4 is 17.5 Å². The quantitative estimate of drug-likeness (QED) is 0.632. The molecule has 0 spiro atoms. The van der Waals surface area contributed by atoms with Crippen LogP contribution in [0.1, 0.15) is 35.8 Å². The van der Waals surface area contributed by atoms with E-state index in [0.29, 0.717) is 17.7 Å². The van der Waals surface area contributed by atoms with Gasteiger partial charge >= 0.3 is 5.91 Å². The Hall–Kier alpha value is -2.89. The van der Waals surface area contributed by atoms with Gasteiger partial charge in [0.2, 0.25) is 5.91 Å². The normalized spacial score (nSPS) is 10.1. The lowest BCUT2D eigenvalue weighted by Gasteiger charge is -2.08. The van der Waals surface area contributed by atoms with Crippen LogP contribution in [0.2, 0.25) is 0 Å². The Balaban J connectivity index is 1.90. The first kappa shape index (κ1) is 16.5. The van der Waals surface area contributed by atoms with Crippen LogP contribution in [-0.2, 0) is 11.3 Å². The van der Waals surface area contributed by atoms with Gasteiger partial charge in [-0.15, -0.1) is 0 Å². The summed E-state index contributed by atoms with van der Waals surface area (Å²) in [6, 6.07) is 11.9. The predicted molar refractivity (Wildman–Crippen MR) is 86.6 cm³/mol. The first-order valence-electron chi connectivity index (χ1n) is 7.45. The number of nitrogens with zero attached hydrogens (tertiary/aromatic N) is 1. The minimum absolute atomic E-state index is 0.0161. The highest BCUT2D eigenvalue weighted by Gasteiger charge is 2.14. The Morgan fingerprint density at radius 1 is 1.13 bits per heavy atom. The van der Waals surface area contributed by atoms with Crippen molar-refractivity contribution in [2.24, 2.45) is 0 Å². The molecule has 0 fully saturated rings. The average molecular weight is 313 g/mol. The van der Waals surface area contributed by atoms with E-state index in [0.717, 1.165) is 17.7 Å². The molecule has 0 aliphatic heterocycles. The van der Waals surface area contributed by atoms with Crippen LogP contribution >= 0.6 is 0 Å². The number of rotatable bonds is 6. The van der Waals surface area contributed by atoms with Crippen LogP contribution in [0.4, 0.5) is 5.69 Å². The fourth-order valence-electron chi connectivity index (χ4n) is 2.03. The number of anilines is 1. The maximum Gasteiger partial charge on any atom is 0.317 e. The molecular formula is C17H19N3O3. The molecule has 0 saturated heterocycles. The molecule has 2 N–H and O–H groups in total. The Bertz CT molecular complexity index is 684. The maximum absolute atomic E-state index is 11.9. The fraction of sp³-hybridized carbons (Fsp3) is 0.235. The van der Waals surface area contributed by atoms with E-state index in [2.05, 4.69) is 10.6 Å². The monoisotopic (exact) mass is 313 g/mol. The molecule has 2 rings (SSSR count). The highest BCUT2D eigenvalue weighted by Crippen LogP contribution is 2.10. The third kappa shape index (κ3) is 4.81. The highest BCUT2D eigenvalue weighted by molar-refractivity contribution is 5.91. The zero-order valence-electron chi connectivity index (χ0n) is 12.9. The molecule has 0 aliphatic rings. The summed E-state index contributed by atoms with van der Waals surface area (Å²) in [5, 5.41) is 17.0. The van der Waals surface area contributed by atoms with Crippen LogP contribution in [0.15, 0.2) is 48.7 Å². The first-order chi connectivity index (χ1) is 11.1. The topological polar surface area (TPSA) is 85.1 Å². The summed E-state index contributed by atoms with van der Waals surface area (Å²) in [6.07, 6.45) is 2.57. The lowest BCUT2D eigenvalue weighted by molar-refractivity contribution is -0.607. The molecule has 1 aromatic heterocycles. The molecule has 0 unspecified atom stereocenters. The lowest BCUT2D eigenvalue weighted by Crippen LogP contribution is -2.38. The molecule has 0 saturated carbocycles. The molecular weight excluding hydrogens is 294 g/mol. The van der Waals surface area contributed by atoms with Crippen molar-refractivity contribution in [3.05, 3.63) is 65.1 Å². The number of amides is 2. The van der Waals surface area contributed by atoms with Crippen molar-refractivity contribution in [1.82, 2.24) is 5.32 Å². The molecule has 6 heteroatoms. The summed E-state index contributed by atoms with van der Waals surface area (Å²) in [4.78, 5) is 23.4. The molecule has 1 heterocycles. The van der Waals surface area contributed by atoms with E-state index in [1.807, 2.05) is 19.1 Å². The van der Waals surface area contributed by atoms with E-state index in [-0.39, 0.29) is 11.6 Å². The number of carbonyl (C=O) groups excluding carboxylic acids is 2. The molecule has 0 radical (unpaired) electrons. The van der Waals surface area contributed by atoms with Gasteiger partial charge in [-0.05, 0) is 30.2 Å². The summed E-state index contributed by atoms with van der Waals surface area (Å²) in [6.45, 7) is 2.25. The Labute approximate surface area is 134 Å². The number of pyridine rings is 1. The number of hydrogen-bond donors (Lipinski definition) is 2.